The SMILES string of the molecule is CC1C(=O)c2cn(C)nc2CC1(C)C. The fraction of sp³-hybridized carbons (Fsp3) is 0.636. The Morgan fingerprint density at radius 1 is 1.57 bits per heavy atom. The van der Waals surface area contributed by atoms with Crippen LogP contribution in [0.4, 0.5) is 0 Å². The molecule has 0 N–H and O–H groups in total. The predicted molar refractivity (Wildman–Crippen MR) is 54.2 cm³/mol. The van der Waals surface area contributed by atoms with Gasteiger partial charge in [0.15, 0.2) is 5.78 Å². The lowest BCUT2D eigenvalue weighted by Crippen LogP contribution is -2.35. The highest BCUT2D eigenvalue weighted by Crippen LogP contribution is 2.38. The van der Waals surface area contributed by atoms with E-state index in [9.17, 15) is 4.79 Å². The van der Waals surface area contributed by atoms with Crippen molar-refractivity contribution in [1.82, 2.24) is 9.78 Å². The van der Waals surface area contributed by atoms with Crippen LogP contribution in [0.2, 0.25) is 0 Å². The van der Waals surface area contributed by atoms with Crippen LogP contribution < -0.4 is 0 Å². The second-order valence-electron chi connectivity index (χ2n) is 4.91. The van der Waals surface area contributed by atoms with Crippen LogP contribution in [0.1, 0.15) is 36.8 Å². The van der Waals surface area contributed by atoms with Gasteiger partial charge in [-0.25, -0.2) is 0 Å². The van der Waals surface area contributed by atoms with Crippen LogP contribution >= 0.6 is 0 Å². The first-order chi connectivity index (χ1) is 6.42. The molecule has 0 bridgehead atoms. The van der Waals surface area contributed by atoms with Crippen LogP contribution in [-0.2, 0) is 13.5 Å². The molecule has 1 aromatic heterocycles. The average Bonchev–Trinajstić information content (AvgIpc) is 2.41. The Morgan fingerprint density at radius 2 is 2.21 bits per heavy atom. The van der Waals surface area contributed by atoms with Gasteiger partial charge in [-0.3, -0.25) is 9.48 Å². The van der Waals surface area contributed by atoms with E-state index in [2.05, 4.69) is 18.9 Å². The maximum atomic E-state index is 12.0. The molecule has 0 fully saturated rings. The van der Waals surface area contributed by atoms with Crippen LogP contribution in [0, 0.1) is 11.3 Å². The largest absolute Gasteiger partial charge is 0.294 e. The van der Waals surface area contributed by atoms with Crippen LogP contribution in [-0.4, -0.2) is 15.6 Å². The molecule has 0 saturated carbocycles. The summed E-state index contributed by atoms with van der Waals surface area (Å²) in [4.78, 5) is 12.0. The fourth-order valence-corrected chi connectivity index (χ4v) is 2.04. The third-order valence-corrected chi connectivity index (χ3v) is 3.36. The number of aryl methyl sites for hydroxylation is 1. The summed E-state index contributed by atoms with van der Waals surface area (Å²) in [5.74, 6) is 0.337. The molecule has 0 aromatic carbocycles. The number of hydrogen-bond acceptors (Lipinski definition) is 2. The molecule has 3 nitrogen and oxygen atoms in total. The van der Waals surface area contributed by atoms with Gasteiger partial charge in [0.05, 0.1) is 11.3 Å². The lowest BCUT2D eigenvalue weighted by Gasteiger charge is -2.34. The van der Waals surface area contributed by atoms with Crippen molar-refractivity contribution in [1.29, 1.82) is 0 Å². The van der Waals surface area contributed by atoms with E-state index in [1.54, 1.807) is 4.68 Å². The standard InChI is InChI=1S/C11H16N2O/c1-7-10(14)8-6-13(4)12-9(8)5-11(7,2)3/h6-7H,5H2,1-4H3. The van der Waals surface area contributed by atoms with Crippen molar-refractivity contribution in [3.05, 3.63) is 17.5 Å². The quantitative estimate of drug-likeness (QED) is 0.628. The Balaban J connectivity index is 2.53. The highest BCUT2D eigenvalue weighted by Gasteiger charge is 2.39. The van der Waals surface area contributed by atoms with E-state index in [4.69, 9.17) is 0 Å². The molecule has 2 rings (SSSR count). The zero-order valence-electron chi connectivity index (χ0n) is 9.16. The molecule has 1 aliphatic carbocycles. The zero-order valence-corrected chi connectivity index (χ0v) is 9.16. The first-order valence-corrected chi connectivity index (χ1v) is 4.98. The molecular weight excluding hydrogens is 176 g/mol. The average molecular weight is 192 g/mol. The molecule has 0 saturated heterocycles. The highest BCUT2D eigenvalue weighted by molar-refractivity contribution is 6.00. The van der Waals surface area contributed by atoms with Gasteiger partial charge in [-0.2, -0.15) is 5.10 Å². The van der Waals surface area contributed by atoms with Gasteiger partial charge in [0, 0.05) is 19.2 Å². The van der Waals surface area contributed by atoms with Gasteiger partial charge in [-0.15, -0.1) is 0 Å². The van der Waals surface area contributed by atoms with Crippen molar-refractivity contribution >= 4 is 5.78 Å². The molecule has 1 aliphatic rings. The molecular formula is C11H16N2O. The van der Waals surface area contributed by atoms with Crippen molar-refractivity contribution in [3.8, 4) is 0 Å². The lowest BCUT2D eigenvalue weighted by molar-refractivity contribution is 0.0789. The molecule has 0 aliphatic heterocycles. The number of hydrogen-bond donors (Lipinski definition) is 0. The number of carbonyl (C=O) groups excluding carboxylic acids is 1. The number of aromatic nitrogens is 2. The molecule has 0 amide bonds. The second-order valence-corrected chi connectivity index (χ2v) is 4.91. The summed E-state index contributed by atoms with van der Waals surface area (Å²) < 4.78 is 1.73. The lowest BCUT2D eigenvalue weighted by atomic mass is 9.69. The third kappa shape index (κ3) is 1.19. The molecule has 1 heterocycles. The van der Waals surface area contributed by atoms with E-state index in [-0.39, 0.29) is 17.1 Å². The Morgan fingerprint density at radius 3 is 2.86 bits per heavy atom. The van der Waals surface area contributed by atoms with E-state index in [0.717, 1.165) is 17.7 Å². The summed E-state index contributed by atoms with van der Waals surface area (Å²) in [7, 11) is 1.86. The number of ketones is 1. The van der Waals surface area contributed by atoms with Crippen molar-refractivity contribution < 1.29 is 4.79 Å². The summed E-state index contributed by atoms with van der Waals surface area (Å²) in [5, 5.41) is 4.33. The summed E-state index contributed by atoms with van der Waals surface area (Å²) in [6.07, 6.45) is 2.74. The molecule has 0 radical (unpaired) electrons. The van der Waals surface area contributed by atoms with Crippen molar-refractivity contribution in [3.63, 3.8) is 0 Å². The van der Waals surface area contributed by atoms with Gasteiger partial charge in [0.25, 0.3) is 0 Å². The molecule has 14 heavy (non-hydrogen) atoms. The Labute approximate surface area is 84.1 Å². The number of nitrogens with zero attached hydrogens (tertiary/aromatic N) is 2. The second kappa shape index (κ2) is 2.69. The first kappa shape index (κ1) is 9.44. The van der Waals surface area contributed by atoms with Crippen LogP contribution in [0.3, 0.4) is 0 Å². The van der Waals surface area contributed by atoms with Crippen molar-refractivity contribution in [2.24, 2.45) is 18.4 Å². The van der Waals surface area contributed by atoms with Crippen LogP contribution in [0.5, 0.6) is 0 Å². The normalized spacial score (nSPS) is 24.9. The smallest absolute Gasteiger partial charge is 0.169 e. The fourth-order valence-electron chi connectivity index (χ4n) is 2.04. The molecule has 1 unspecified atom stereocenters. The predicted octanol–water partition coefficient (Wildman–Crippen LogP) is 1.82. The van der Waals surface area contributed by atoms with Gasteiger partial charge in [-0.05, 0) is 11.8 Å². The summed E-state index contributed by atoms with van der Waals surface area (Å²) >= 11 is 0. The van der Waals surface area contributed by atoms with E-state index in [1.807, 2.05) is 20.2 Å². The van der Waals surface area contributed by atoms with Gasteiger partial charge < -0.3 is 0 Å². The third-order valence-electron chi connectivity index (χ3n) is 3.36. The minimum Gasteiger partial charge on any atom is -0.294 e. The summed E-state index contributed by atoms with van der Waals surface area (Å²) in [6, 6.07) is 0. The molecule has 1 atom stereocenters. The van der Waals surface area contributed by atoms with Crippen LogP contribution in [0.15, 0.2) is 6.20 Å². The van der Waals surface area contributed by atoms with E-state index >= 15 is 0 Å². The molecule has 0 spiro atoms. The molecule has 1 aromatic rings. The maximum absolute atomic E-state index is 12.0. The number of carbonyl (C=O) groups is 1. The van der Waals surface area contributed by atoms with E-state index in [1.165, 1.54) is 0 Å². The number of Topliss-reactive ketones (excluding diaryl/α,β-unsaturated/α-hetero) is 1. The van der Waals surface area contributed by atoms with Crippen molar-refractivity contribution in [2.75, 3.05) is 0 Å². The van der Waals surface area contributed by atoms with Gasteiger partial charge in [0.2, 0.25) is 0 Å². The first-order valence-electron chi connectivity index (χ1n) is 4.98. The zero-order chi connectivity index (χ0) is 10.5. The minimum absolute atomic E-state index is 0.0401. The number of fused-ring (bicyclic) bond motifs is 1. The van der Waals surface area contributed by atoms with Gasteiger partial charge in [-0.1, -0.05) is 20.8 Å². The van der Waals surface area contributed by atoms with E-state index < -0.39 is 0 Å². The maximum Gasteiger partial charge on any atom is 0.169 e. The Hall–Kier alpha value is -1.12. The monoisotopic (exact) mass is 192 g/mol. The summed E-state index contributed by atoms with van der Waals surface area (Å²) in [6.45, 7) is 6.28. The van der Waals surface area contributed by atoms with Gasteiger partial charge >= 0.3 is 0 Å². The topological polar surface area (TPSA) is 34.9 Å². The van der Waals surface area contributed by atoms with Crippen LogP contribution in [0.25, 0.3) is 0 Å². The molecule has 3 heteroatoms. The molecule has 76 valence electrons. The van der Waals surface area contributed by atoms with E-state index in [0.29, 0.717) is 0 Å². The highest BCUT2D eigenvalue weighted by atomic mass is 16.1. The van der Waals surface area contributed by atoms with Crippen molar-refractivity contribution in [2.45, 2.75) is 27.2 Å². The minimum atomic E-state index is 0.0401. The van der Waals surface area contributed by atoms with Gasteiger partial charge in [0.1, 0.15) is 0 Å². The summed E-state index contributed by atoms with van der Waals surface area (Å²) in [5.41, 5.74) is 1.82. The Kier molecular flexibility index (Phi) is 1.81. The Bertz CT molecular complexity index is 390. The number of rotatable bonds is 0.